The van der Waals surface area contributed by atoms with Gasteiger partial charge in [-0.15, -0.1) is 0 Å². The predicted octanol–water partition coefficient (Wildman–Crippen LogP) is 5.64. The Bertz CT molecular complexity index is 1480. The van der Waals surface area contributed by atoms with E-state index in [0.717, 1.165) is 48.2 Å². The zero-order valence-electron chi connectivity index (χ0n) is 23.9. The Morgan fingerprint density at radius 1 is 0.976 bits per heavy atom. The van der Waals surface area contributed by atoms with Gasteiger partial charge in [-0.05, 0) is 66.8 Å². The fourth-order valence-corrected chi connectivity index (χ4v) is 6.51. The van der Waals surface area contributed by atoms with E-state index in [4.69, 9.17) is 11.6 Å². The van der Waals surface area contributed by atoms with E-state index in [2.05, 4.69) is 5.32 Å². The van der Waals surface area contributed by atoms with Crippen LogP contribution in [0, 0.1) is 12.7 Å². The molecule has 0 bridgehead atoms. The molecule has 7 nitrogen and oxygen atoms in total. The first-order chi connectivity index (χ1) is 20.0. The van der Waals surface area contributed by atoms with Crippen molar-refractivity contribution in [2.75, 3.05) is 17.1 Å². The molecule has 1 atom stereocenters. The van der Waals surface area contributed by atoms with Gasteiger partial charge in [-0.1, -0.05) is 73.3 Å². The maximum atomic E-state index is 14.2. The molecule has 1 aliphatic carbocycles. The maximum Gasteiger partial charge on any atom is 0.244 e. The summed E-state index contributed by atoms with van der Waals surface area (Å²) in [5, 5.41) is 3.60. The molecule has 1 fully saturated rings. The van der Waals surface area contributed by atoms with Gasteiger partial charge in [0.1, 0.15) is 18.4 Å². The topological polar surface area (TPSA) is 86.8 Å². The summed E-state index contributed by atoms with van der Waals surface area (Å²) in [5.41, 5.74) is 2.37. The molecular formula is C32H37ClFN3O4S. The van der Waals surface area contributed by atoms with Crippen LogP contribution < -0.4 is 9.62 Å². The Labute approximate surface area is 252 Å². The second kappa shape index (κ2) is 14.2. The van der Waals surface area contributed by atoms with Crippen LogP contribution in [0.2, 0.25) is 5.02 Å². The van der Waals surface area contributed by atoms with E-state index in [9.17, 15) is 22.4 Å². The Kier molecular flexibility index (Phi) is 10.6. The van der Waals surface area contributed by atoms with E-state index in [0.29, 0.717) is 21.8 Å². The van der Waals surface area contributed by atoms with Crippen LogP contribution in [0.25, 0.3) is 0 Å². The zero-order chi connectivity index (χ0) is 30.3. The van der Waals surface area contributed by atoms with Crippen molar-refractivity contribution in [3.63, 3.8) is 0 Å². The average Bonchev–Trinajstić information content (AvgIpc) is 2.95. The quantitative estimate of drug-likeness (QED) is 0.303. The molecule has 1 saturated carbocycles. The predicted molar refractivity (Wildman–Crippen MR) is 164 cm³/mol. The van der Waals surface area contributed by atoms with Crippen LogP contribution in [0.5, 0.6) is 0 Å². The summed E-state index contributed by atoms with van der Waals surface area (Å²) >= 11 is 6.11. The van der Waals surface area contributed by atoms with Crippen LogP contribution in [0.3, 0.4) is 0 Å². The number of amides is 2. The first-order valence-electron chi connectivity index (χ1n) is 14.1. The maximum absolute atomic E-state index is 14.2. The third kappa shape index (κ3) is 8.55. The molecule has 0 radical (unpaired) electrons. The van der Waals surface area contributed by atoms with Gasteiger partial charge >= 0.3 is 0 Å². The minimum Gasteiger partial charge on any atom is -0.352 e. The smallest absolute Gasteiger partial charge is 0.244 e. The van der Waals surface area contributed by atoms with Crippen molar-refractivity contribution in [2.45, 2.75) is 64.1 Å². The van der Waals surface area contributed by atoms with Crippen molar-refractivity contribution in [2.24, 2.45) is 0 Å². The Hall–Kier alpha value is -3.43. The molecule has 3 aromatic carbocycles. The summed E-state index contributed by atoms with van der Waals surface area (Å²) in [5.74, 6) is -1.28. The highest BCUT2D eigenvalue weighted by Gasteiger charge is 2.34. The van der Waals surface area contributed by atoms with E-state index >= 15 is 0 Å². The Morgan fingerprint density at radius 2 is 1.64 bits per heavy atom. The lowest BCUT2D eigenvalue weighted by Crippen LogP contribution is -2.55. The molecule has 224 valence electrons. The summed E-state index contributed by atoms with van der Waals surface area (Å²) < 4.78 is 40.7. The number of anilines is 1. The number of carbonyl (C=O) groups is 2. The van der Waals surface area contributed by atoms with Crippen LogP contribution in [0.4, 0.5) is 10.1 Å². The highest BCUT2D eigenvalue weighted by molar-refractivity contribution is 7.92. The number of halogens is 2. The lowest BCUT2D eigenvalue weighted by molar-refractivity contribution is -0.140. The van der Waals surface area contributed by atoms with Crippen LogP contribution in [-0.2, 0) is 32.6 Å². The SMILES string of the molecule is Cc1cc(Cl)ccc1N(CC(=O)N(Cc1ccc(F)cc1)C(Cc1ccccc1)C(=O)NC1CCCCC1)S(C)(=O)=O. The fraction of sp³-hybridized carbons (Fsp3) is 0.375. The van der Waals surface area contributed by atoms with E-state index in [1.807, 2.05) is 30.3 Å². The number of rotatable bonds is 11. The fourth-order valence-electron chi connectivity index (χ4n) is 5.38. The van der Waals surface area contributed by atoms with Crippen molar-refractivity contribution in [1.82, 2.24) is 10.2 Å². The molecular weight excluding hydrogens is 577 g/mol. The summed E-state index contributed by atoms with van der Waals surface area (Å²) in [4.78, 5) is 29.5. The van der Waals surface area contributed by atoms with Gasteiger partial charge in [-0.3, -0.25) is 13.9 Å². The van der Waals surface area contributed by atoms with E-state index < -0.39 is 34.3 Å². The molecule has 0 aromatic heterocycles. The van der Waals surface area contributed by atoms with Crippen molar-refractivity contribution >= 4 is 39.1 Å². The number of nitrogens with one attached hydrogen (secondary N) is 1. The average molecular weight is 614 g/mol. The van der Waals surface area contributed by atoms with Gasteiger partial charge in [0, 0.05) is 24.0 Å². The van der Waals surface area contributed by atoms with Crippen LogP contribution >= 0.6 is 11.6 Å². The monoisotopic (exact) mass is 613 g/mol. The van der Waals surface area contributed by atoms with Gasteiger partial charge in [-0.2, -0.15) is 0 Å². The summed E-state index contributed by atoms with van der Waals surface area (Å²) in [6, 6.07) is 19.0. The largest absolute Gasteiger partial charge is 0.352 e. The normalized spacial score (nSPS) is 14.7. The molecule has 3 aromatic rings. The number of sulfonamides is 1. The van der Waals surface area contributed by atoms with Gasteiger partial charge in [-0.25, -0.2) is 12.8 Å². The molecule has 1 aliphatic rings. The standard InChI is InChI=1S/C32H37ClFN3O4S/c1-23-19-26(33)15-18-29(23)37(42(2,40)41)22-31(38)36(21-25-13-16-27(34)17-14-25)30(20-24-9-5-3-6-10-24)32(39)35-28-11-7-4-8-12-28/h3,5-6,9-10,13-19,28,30H,4,7-8,11-12,20-22H2,1-2H3,(H,35,39). The second-order valence-corrected chi connectivity index (χ2v) is 13.2. The van der Waals surface area contributed by atoms with Crippen molar-refractivity contribution in [1.29, 1.82) is 0 Å². The molecule has 0 saturated heterocycles. The third-order valence-electron chi connectivity index (χ3n) is 7.60. The third-order valence-corrected chi connectivity index (χ3v) is 8.96. The number of nitrogens with zero attached hydrogens (tertiary/aromatic N) is 2. The number of hydrogen-bond acceptors (Lipinski definition) is 4. The lowest BCUT2D eigenvalue weighted by Gasteiger charge is -2.35. The summed E-state index contributed by atoms with van der Waals surface area (Å²) in [6.07, 6.45) is 6.18. The molecule has 42 heavy (non-hydrogen) atoms. The van der Waals surface area contributed by atoms with Crippen molar-refractivity contribution in [3.8, 4) is 0 Å². The number of hydrogen-bond donors (Lipinski definition) is 1. The summed E-state index contributed by atoms with van der Waals surface area (Å²) in [7, 11) is -3.90. The van der Waals surface area contributed by atoms with Gasteiger partial charge in [0.15, 0.2) is 0 Å². The molecule has 4 rings (SSSR count). The molecule has 0 heterocycles. The highest BCUT2D eigenvalue weighted by Crippen LogP contribution is 2.27. The van der Waals surface area contributed by atoms with Gasteiger partial charge < -0.3 is 10.2 Å². The van der Waals surface area contributed by atoms with Crippen LogP contribution in [0.15, 0.2) is 72.8 Å². The first kappa shape index (κ1) is 31.5. The van der Waals surface area contributed by atoms with Gasteiger partial charge in [0.2, 0.25) is 21.8 Å². The molecule has 10 heteroatoms. The highest BCUT2D eigenvalue weighted by atomic mass is 35.5. The minimum absolute atomic E-state index is 0.00803. The van der Waals surface area contributed by atoms with Crippen molar-refractivity contribution in [3.05, 3.63) is 100 Å². The van der Waals surface area contributed by atoms with Gasteiger partial charge in [0.25, 0.3) is 0 Å². The molecule has 1 N–H and O–H groups in total. The Balaban J connectivity index is 1.73. The number of aryl methyl sites for hydroxylation is 1. The molecule has 2 amide bonds. The van der Waals surface area contributed by atoms with E-state index in [1.165, 1.54) is 17.0 Å². The molecule has 1 unspecified atom stereocenters. The second-order valence-electron chi connectivity index (χ2n) is 10.9. The first-order valence-corrected chi connectivity index (χ1v) is 16.4. The van der Waals surface area contributed by atoms with Crippen molar-refractivity contribution < 1.29 is 22.4 Å². The summed E-state index contributed by atoms with van der Waals surface area (Å²) in [6.45, 7) is 1.19. The van der Waals surface area contributed by atoms with Crippen LogP contribution in [0.1, 0.15) is 48.8 Å². The van der Waals surface area contributed by atoms with Gasteiger partial charge in [0.05, 0.1) is 11.9 Å². The Morgan fingerprint density at radius 3 is 2.26 bits per heavy atom. The number of benzene rings is 3. The molecule has 0 aliphatic heterocycles. The van der Waals surface area contributed by atoms with E-state index in [1.54, 1.807) is 37.3 Å². The molecule has 0 spiro atoms. The van der Waals surface area contributed by atoms with Crippen LogP contribution in [-0.4, -0.2) is 50.0 Å². The number of carbonyl (C=O) groups excluding carboxylic acids is 2. The van der Waals surface area contributed by atoms with E-state index in [-0.39, 0.29) is 24.9 Å². The minimum atomic E-state index is -3.90. The lowest BCUT2D eigenvalue weighted by atomic mass is 9.94. The zero-order valence-corrected chi connectivity index (χ0v) is 25.5.